The number of amides is 1. The molecule has 0 aliphatic carbocycles. The lowest BCUT2D eigenvalue weighted by atomic mass is 10.1. The summed E-state index contributed by atoms with van der Waals surface area (Å²) < 4.78 is 5.26. The van der Waals surface area contributed by atoms with Gasteiger partial charge in [0, 0.05) is 31.5 Å². The third kappa shape index (κ3) is 4.20. The monoisotopic (exact) mass is 277 g/mol. The molecule has 110 valence electrons. The van der Waals surface area contributed by atoms with Crippen molar-refractivity contribution in [2.75, 3.05) is 38.2 Å². The van der Waals surface area contributed by atoms with Crippen LogP contribution in [0.15, 0.2) is 18.3 Å². The molecule has 1 aliphatic rings. The molecule has 0 radical (unpaired) electrons. The van der Waals surface area contributed by atoms with Crippen LogP contribution in [-0.2, 0) is 4.74 Å². The van der Waals surface area contributed by atoms with Crippen LogP contribution in [-0.4, -0.2) is 48.6 Å². The van der Waals surface area contributed by atoms with E-state index in [0.29, 0.717) is 37.9 Å². The number of morpholine rings is 1. The van der Waals surface area contributed by atoms with Crippen molar-refractivity contribution in [3.05, 3.63) is 24.0 Å². The highest BCUT2D eigenvalue weighted by Crippen LogP contribution is 2.12. The number of hydrogen-bond acceptors (Lipinski definition) is 4. The van der Waals surface area contributed by atoms with Gasteiger partial charge in [0.05, 0.1) is 13.2 Å². The maximum atomic E-state index is 12.3. The van der Waals surface area contributed by atoms with Crippen molar-refractivity contribution >= 4 is 11.6 Å². The second-order valence-corrected chi connectivity index (χ2v) is 5.44. The molecule has 0 unspecified atom stereocenters. The molecule has 1 N–H and O–H groups in total. The molecule has 0 saturated carbocycles. The number of pyridine rings is 1. The fraction of sp³-hybridized carbons (Fsp3) is 0.600. The van der Waals surface area contributed by atoms with Gasteiger partial charge in [-0.25, -0.2) is 0 Å². The lowest BCUT2D eigenvalue weighted by Gasteiger charge is -2.26. The van der Waals surface area contributed by atoms with Crippen LogP contribution in [0.1, 0.15) is 30.8 Å². The Morgan fingerprint density at radius 2 is 2.20 bits per heavy atom. The summed E-state index contributed by atoms with van der Waals surface area (Å²) in [5.74, 6) is 0.652. The van der Waals surface area contributed by atoms with Gasteiger partial charge in [0.15, 0.2) is 0 Å². The van der Waals surface area contributed by atoms with Crippen molar-refractivity contribution < 1.29 is 9.53 Å². The molecule has 2 heterocycles. The number of ether oxygens (including phenoxy) is 1. The molecule has 1 amide bonds. The Morgan fingerprint density at radius 3 is 2.90 bits per heavy atom. The lowest BCUT2D eigenvalue weighted by molar-refractivity contribution is 0.0299. The van der Waals surface area contributed by atoms with Crippen LogP contribution in [0.4, 0.5) is 5.69 Å². The molecule has 0 spiro atoms. The van der Waals surface area contributed by atoms with Gasteiger partial charge in [0.2, 0.25) is 0 Å². The number of nitrogens with one attached hydrogen (secondary N) is 1. The summed E-state index contributed by atoms with van der Waals surface area (Å²) in [5.41, 5.74) is 1.46. The van der Waals surface area contributed by atoms with E-state index in [2.05, 4.69) is 24.1 Å². The number of anilines is 1. The normalized spacial score (nSPS) is 15.4. The third-order valence-electron chi connectivity index (χ3n) is 3.33. The van der Waals surface area contributed by atoms with Gasteiger partial charge in [-0.1, -0.05) is 13.8 Å². The lowest BCUT2D eigenvalue weighted by Crippen LogP contribution is -2.41. The zero-order valence-corrected chi connectivity index (χ0v) is 12.3. The van der Waals surface area contributed by atoms with Crippen LogP contribution in [0.2, 0.25) is 0 Å². The summed E-state index contributed by atoms with van der Waals surface area (Å²) in [6, 6.07) is 3.73. The van der Waals surface area contributed by atoms with E-state index in [9.17, 15) is 4.79 Å². The summed E-state index contributed by atoms with van der Waals surface area (Å²) in [4.78, 5) is 18.3. The summed E-state index contributed by atoms with van der Waals surface area (Å²) in [7, 11) is 0. The highest BCUT2D eigenvalue weighted by atomic mass is 16.5. The average Bonchev–Trinajstić information content (AvgIpc) is 2.47. The second-order valence-electron chi connectivity index (χ2n) is 5.44. The molecule has 1 fully saturated rings. The molecule has 0 atom stereocenters. The van der Waals surface area contributed by atoms with E-state index in [4.69, 9.17) is 4.74 Å². The Hall–Kier alpha value is -1.62. The molecule has 0 bridgehead atoms. The van der Waals surface area contributed by atoms with Gasteiger partial charge in [0.25, 0.3) is 5.91 Å². The van der Waals surface area contributed by atoms with Crippen LogP contribution >= 0.6 is 0 Å². The van der Waals surface area contributed by atoms with E-state index < -0.39 is 0 Å². The Kier molecular flexibility index (Phi) is 5.35. The van der Waals surface area contributed by atoms with Crippen LogP contribution in [0.3, 0.4) is 0 Å². The topological polar surface area (TPSA) is 54.5 Å². The van der Waals surface area contributed by atoms with Crippen molar-refractivity contribution in [2.24, 2.45) is 5.92 Å². The van der Waals surface area contributed by atoms with E-state index >= 15 is 0 Å². The van der Waals surface area contributed by atoms with E-state index in [1.54, 1.807) is 11.1 Å². The zero-order chi connectivity index (χ0) is 14.4. The summed E-state index contributed by atoms with van der Waals surface area (Å²) in [6.07, 6.45) is 2.79. The first-order valence-electron chi connectivity index (χ1n) is 7.24. The van der Waals surface area contributed by atoms with Crippen molar-refractivity contribution in [1.82, 2.24) is 9.88 Å². The largest absolute Gasteiger partial charge is 0.385 e. The van der Waals surface area contributed by atoms with Gasteiger partial charge in [-0.05, 0) is 24.5 Å². The maximum absolute atomic E-state index is 12.3. The van der Waals surface area contributed by atoms with Gasteiger partial charge in [-0.15, -0.1) is 0 Å². The van der Waals surface area contributed by atoms with Crippen LogP contribution < -0.4 is 5.32 Å². The van der Waals surface area contributed by atoms with Gasteiger partial charge in [0.1, 0.15) is 5.69 Å². The first-order chi connectivity index (χ1) is 9.66. The smallest absolute Gasteiger partial charge is 0.272 e. The predicted molar refractivity (Wildman–Crippen MR) is 78.9 cm³/mol. The Morgan fingerprint density at radius 1 is 1.45 bits per heavy atom. The molecule has 0 aromatic carbocycles. The van der Waals surface area contributed by atoms with Crippen molar-refractivity contribution in [1.29, 1.82) is 0 Å². The van der Waals surface area contributed by atoms with Gasteiger partial charge in [-0.3, -0.25) is 9.78 Å². The Balaban J connectivity index is 1.95. The highest BCUT2D eigenvalue weighted by Gasteiger charge is 2.19. The van der Waals surface area contributed by atoms with E-state index in [1.807, 2.05) is 12.1 Å². The van der Waals surface area contributed by atoms with Gasteiger partial charge in [-0.2, -0.15) is 0 Å². The number of hydrogen-bond donors (Lipinski definition) is 1. The molecule has 5 heteroatoms. The van der Waals surface area contributed by atoms with Gasteiger partial charge < -0.3 is 15.0 Å². The van der Waals surface area contributed by atoms with Crippen LogP contribution in [0.5, 0.6) is 0 Å². The summed E-state index contributed by atoms with van der Waals surface area (Å²) >= 11 is 0. The minimum Gasteiger partial charge on any atom is -0.385 e. The van der Waals surface area contributed by atoms with Crippen molar-refractivity contribution in [3.8, 4) is 0 Å². The van der Waals surface area contributed by atoms with Crippen LogP contribution in [0.25, 0.3) is 0 Å². The number of aromatic nitrogens is 1. The summed E-state index contributed by atoms with van der Waals surface area (Å²) in [6.45, 7) is 7.81. The Bertz CT molecular complexity index is 442. The number of nitrogens with zero attached hydrogens (tertiary/aromatic N) is 2. The highest BCUT2D eigenvalue weighted by molar-refractivity contribution is 5.93. The fourth-order valence-electron chi connectivity index (χ4n) is 2.09. The minimum atomic E-state index is -0.0131. The SMILES string of the molecule is CC(C)CCNc1ccnc(C(=O)N2CCOCC2)c1. The van der Waals surface area contributed by atoms with Crippen molar-refractivity contribution in [2.45, 2.75) is 20.3 Å². The average molecular weight is 277 g/mol. The van der Waals surface area contributed by atoms with E-state index in [0.717, 1.165) is 18.7 Å². The first kappa shape index (κ1) is 14.8. The zero-order valence-electron chi connectivity index (χ0n) is 12.3. The van der Waals surface area contributed by atoms with Crippen LogP contribution in [0, 0.1) is 5.92 Å². The number of carbonyl (C=O) groups is 1. The molecule has 1 aromatic rings. The third-order valence-corrected chi connectivity index (χ3v) is 3.33. The minimum absolute atomic E-state index is 0.0131. The molecule has 20 heavy (non-hydrogen) atoms. The molecule has 1 aromatic heterocycles. The molecule has 5 nitrogen and oxygen atoms in total. The molecular formula is C15H23N3O2. The molecule has 1 aliphatic heterocycles. The van der Waals surface area contributed by atoms with Gasteiger partial charge >= 0.3 is 0 Å². The van der Waals surface area contributed by atoms with E-state index in [-0.39, 0.29) is 5.91 Å². The first-order valence-corrected chi connectivity index (χ1v) is 7.24. The Labute approximate surface area is 120 Å². The predicted octanol–water partition coefficient (Wildman–Crippen LogP) is 2.01. The molecule has 1 saturated heterocycles. The number of rotatable bonds is 5. The number of carbonyl (C=O) groups excluding carboxylic acids is 1. The quantitative estimate of drug-likeness (QED) is 0.894. The fourth-order valence-corrected chi connectivity index (χ4v) is 2.09. The second kappa shape index (κ2) is 7.24. The molecular weight excluding hydrogens is 254 g/mol. The maximum Gasteiger partial charge on any atom is 0.272 e. The van der Waals surface area contributed by atoms with Crippen molar-refractivity contribution in [3.63, 3.8) is 0 Å². The summed E-state index contributed by atoms with van der Waals surface area (Å²) in [5, 5.41) is 3.34. The molecule has 2 rings (SSSR count). The standard InChI is InChI=1S/C15H23N3O2/c1-12(2)3-5-16-13-4-6-17-14(11-13)15(19)18-7-9-20-10-8-18/h4,6,11-12H,3,5,7-10H2,1-2H3,(H,16,17). The van der Waals surface area contributed by atoms with E-state index in [1.165, 1.54) is 0 Å².